The van der Waals surface area contributed by atoms with E-state index in [1.807, 2.05) is 0 Å². The topological polar surface area (TPSA) is 79.2 Å². The summed E-state index contributed by atoms with van der Waals surface area (Å²) in [5, 5.41) is 26.9. The molecule has 0 aromatic heterocycles. The molecule has 1 aliphatic heterocycles. The van der Waals surface area contributed by atoms with Crippen molar-refractivity contribution < 1.29 is 24.8 Å². The minimum atomic E-state index is -1.15. The van der Waals surface area contributed by atoms with Crippen molar-refractivity contribution in [2.45, 2.75) is 24.6 Å². The molecule has 0 aromatic carbocycles. The first-order chi connectivity index (χ1) is 5.20. The molecule has 3 N–H and O–H groups in total. The lowest BCUT2D eigenvalue weighted by molar-refractivity contribution is -0.139. The van der Waals surface area contributed by atoms with Crippen LogP contribution in [-0.4, -0.2) is 53.6 Å². The molecule has 1 fully saturated rings. The summed E-state index contributed by atoms with van der Waals surface area (Å²) in [7, 11) is 1.36. The largest absolute Gasteiger partial charge is 0.394 e. The van der Waals surface area contributed by atoms with Gasteiger partial charge in [-0.2, -0.15) is 0 Å². The average molecular weight is 164 g/mol. The van der Waals surface area contributed by atoms with Crippen LogP contribution in [0.5, 0.6) is 0 Å². The van der Waals surface area contributed by atoms with E-state index in [4.69, 9.17) is 19.7 Å². The van der Waals surface area contributed by atoms with E-state index in [1.165, 1.54) is 7.11 Å². The highest BCUT2D eigenvalue weighted by Crippen LogP contribution is 2.21. The third-order valence-electron chi connectivity index (χ3n) is 1.76. The standard InChI is InChI=1S/C6H12O5/c1-10-5-4(8)3(2-7)11-6(5)9/h3-9H,2H2,1H3/t3-,4-,5-,6?/m1/s1. The zero-order valence-corrected chi connectivity index (χ0v) is 6.17. The van der Waals surface area contributed by atoms with Gasteiger partial charge in [-0.05, 0) is 0 Å². The van der Waals surface area contributed by atoms with Gasteiger partial charge in [-0.15, -0.1) is 0 Å². The predicted molar refractivity (Wildman–Crippen MR) is 34.8 cm³/mol. The molecule has 1 rings (SSSR count). The number of hydrogen-bond acceptors (Lipinski definition) is 5. The summed E-state index contributed by atoms with van der Waals surface area (Å²) < 4.78 is 9.49. The SMILES string of the molecule is CO[C@H]1C(O)O[C@H](CO)[C@H]1O. The summed E-state index contributed by atoms with van der Waals surface area (Å²) in [6.45, 7) is -0.321. The summed E-state index contributed by atoms with van der Waals surface area (Å²) in [5.41, 5.74) is 0. The summed E-state index contributed by atoms with van der Waals surface area (Å²) in [5.74, 6) is 0. The van der Waals surface area contributed by atoms with Crippen molar-refractivity contribution in [3.63, 3.8) is 0 Å². The number of aliphatic hydroxyl groups excluding tert-OH is 3. The molecular weight excluding hydrogens is 152 g/mol. The summed E-state index contributed by atoms with van der Waals surface area (Å²) in [4.78, 5) is 0. The Balaban J connectivity index is 2.55. The van der Waals surface area contributed by atoms with Gasteiger partial charge in [0.25, 0.3) is 0 Å². The van der Waals surface area contributed by atoms with Crippen LogP contribution >= 0.6 is 0 Å². The molecule has 0 aromatic rings. The molecule has 1 aliphatic rings. The van der Waals surface area contributed by atoms with Crippen LogP contribution in [0.1, 0.15) is 0 Å². The van der Waals surface area contributed by atoms with Gasteiger partial charge < -0.3 is 24.8 Å². The lowest BCUT2D eigenvalue weighted by Gasteiger charge is -2.14. The molecule has 0 spiro atoms. The van der Waals surface area contributed by atoms with Gasteiger partial charge in [-0.1, -0.05) is 0 Å². The minimum absolute atomic E-state index is 0.321. The van der Waals surface area contributed by atoms with Crippen LogP contribution < -0.4 is 0 Å². The highest BCUT2D eigenvalue weighted by molar-refractivity contribution is 4.86. The minimum Gasteiger partial charge on any atom is -0.394 e. The Morgan fingerprint density at radius 3 is 2.36 bits per heavy atom. The fourth-order valence-corrected chi connectivity index (χ4v) is 1.12. The maximum absolute atomic E-state index is 9.25. The smallest absolute Gasteiger partial charge is 0.184 e. The molecule has 5 heteroatoms. The van der Waals surface area contributed by atoms with E-state index in [1.54, 1.807) is 0 Å². The van der Waals surface area contributed by atoms with Crippen LogP contribution in [0.4, 0.5) is 0 Å². The van der Waals surface area contributed by atoms with Crippen molar-refractivity contribution in [3.05, 3.63) is 0 Å². The van der Waals surface area contributed by atoms with Crippen molar-refractivity contribution in [2.75, 3.05) is 13.7 Å². The Hall–Kier alpha value is -0.200. The molecule has 0 bridgehead atoms. The van der Waals surface area contributed by atoms with Crippen LogP contribution in [0.25, 0.3) is 0 Å². The van der Waals surface area contributed by atoms with Crippen LogP contribution in [-0.2, 0) is 9.47 Å². The normalized spacial score (nSPS) is 44.7. The first-order valence-corrected chi connectivity index (χ1v) is 3.36. The zero-order chi connectivity index (χ0) is 8.43. The number of aliphatic hydroxyl groups is 3. The lowest BCUT2D eigenvalue weighted by atomic mass is 10.1. The lowest BCUT2D eigenvalue weighted by Crippen LogP contribution is -2.35. The molecule has 0 amide bonds. The van der Waals surface area contributed by atoms with E-state index < -0.39 is 24.6 Å². The number of hydrogen-bond donors (Lipinski definition) is 3. The van der Waals surface area contributed by atoms with Crippen molar-refractivity contribution in [3.8, 4) is 0 Å². The fraction of sp³-hybridized carbons (Fsp3) is 1.00. The first kappa shape index (κ1) is 8.89. The van der Waals surface area contributed by atoms with Gasteiger partial charge in [0.1, 0.15) is 18.3 Å². The molecule has 4 atom stereocenters. The van der Waals surface area contributed by atoms with Gasteiger partial charge in [0.05, 0.1) is 6.61 Å². The highest BCUT2D eigenvalue weighted by atomic mass is 16.7. The van der Waals surface area contributed by atoms with Crippen LogP contribution in [0.15, 0.2) is 0 Å². The Bertz CT molecular complexity index is 128. The Morgan fingerprint density at radius 2 is 2.09 bits per heavy atom. The molecule has 1 saturated heterocycles. The maximum Gasteiger partial charge on any atom is 0.184 e. The Labute approximate surface area is 64.2 Å². The van der Waals surface area contributed by atoms with E-state index >= 15 is 0 Å². The van der Waals surface area contributed by atoms with Gasteiger partial charge >= 0.3 is 0 Å². The molecule has 0 aliphatic carbocycles. The zero-order valence-electron chi connectivity index (χ0n) is 6.17. The van der Waals surface area contributed by atoms with E-state index in [9.17, 15) is 5.11 Å². The second-order valence-electron chi connectivity index (χ2n) is 2.44. The van der Waals surface area contributed by atoms with Gasteiger partial charge in [0.2, 0.25) is 0 Å². The quantitative estimate of drug-likeness (QED) is 0.443. The molecule has 66 valence electrons. The first-order valence-electron chi connectivity index (χ1n) is 3.36. The van der Waals surface area contributed by atoms with Crippen molar-refractivity contribution in [2.24, 2.45) is 0 Å². The second kappa shape index (κ2) is 3.46. The Kier molecular flexibility index (Phi) is 2.80. The van der Waals surface area contributed by atoms with Crippen molar-refractivity contribution >= 4 is 0 Å². The van der Waals surface area contributed by atoms with Crippen molar-refractivity contribution in [1.29, 1.82) is 0 Å². The van der Waals surface area contributed by atoms with Gasteiger partial charge in [0, 0.05) is 7.11 Å². The average Bonchev–Trinajstić information content (AvgIpc) is 2.26. The van der Waals surface area contributed by atoms with Gasteiger partial charge in [-0.25, -0.2) is 0 Å². The Morgan fingerprint density at radius 1 is 1.45 bits per heavy atom. The molecule has 0 radical (unpaired) electrons. The summed E-state index contributed by atoms with van der Waals surface area (Å²) in [6.07, 6.45) is -3.60. The second-order valence-corrected chi connectivity index (χ2v) is 2.44. The number of methoxy groups -OCH3 is 1. The fourth-order valence-electron chi connectivity index (χ4n) is 1.12. The van der Waals surface area contributed by atoms with E-state index in [-0.39, 0.29) is 6.61 Å². The third kappa shape index (κ3) is 1.52. The number of ether oxygens (including phenoxy) is 2. The van der Waals surface area contributed by atoms with Gasteiger partial charge in [-0.3, -0.25) is 0 Å². The van der Waals surface area contributed by atoms with Crippen LogP contribution in [0, 0.1) is 0 Å². The molecule has 1 unspecified atom stereocenters. The molecular formula is C6H12O5. The molecule has 0 saturated carbocycles. The van der Waals surface area contributed by atoms with E-state index in [0.29, 0.717) is 0 Å². The van der Waals surface area contributed by atoms with E-state index in [2.05, 4.69) is 0 Å². The third-order valence-corrected chi connectivity index (χ3v) is 1.76. The van der Waals surface area contributed by atoms with Crippen LogP contribution in [0.3, 0.4) is 0 Å². The van der Waals surface area contributed by atoms with Crippen LogP contribution in [0.2, 0.25) is 0 Å². The maximum atomic E-state index is 9.25. The van der Waals surface area contributed by atoms with E-state index in [0.717, 1.165) is 0 Å². The molecule has 11 heavy (non-hydrogen) atoms. The summed E-state index contributed by atoms with van der Waals surface area (Å²) >= 11 is 0. The molecule has 1 heterocycles. The highest BCUT2D eigenvalue weighted by Gasteiger charge is 2.42. The molecule has 5 nitrogen and oxygen atoms in total. The number of rotatable bonds is 2. The monoisotopic (exact) mass is 164 g/mol. The van der Waals surface area contributed by atoms with Gasteiger partial charge in [0.15, 0.2) is 6.29 Å². The summed E-state index contributed by atoms with van der Waals surface area (Å²) in [6, 6.07) is 0. The van der Waals surface area contributed by atoms with Crippen molar-refractivity contribution in [1.82, 2.24) is 0 Å². The predicted octanol–water partition coefficient (Wildman–Crippen LogP) is -1.93.